The van der Waals surface area contributed by atoms with Gasteiger partial charge in [-0.15, -0.1) is 0 Å². The summed E-state index contributed by atoms with van der Waals surface area (Å²) in [5, 5.41) is 21.5. The van der Waals surface area contributed by atoms with Gasteiger partial charge in [-0.2, -0.15) is 13.2 Å². The summed E-state index contributed by atoms with van der Waals surface area (Å²) in [6.07, 6.45) is -7.51. The average Bonchev–Trinajstić information content (AvgIpc) is 2.28. The summed E-state index contributed by atoms with van der Waals surface area (Å²) in [7, 11) is 0. The van der Waals surface area contributed by atoms with Gasteiger partial charge in [0.15, 0.2) is 6.10 Å². The molecule has 0 spiro atoms. The van der Waals surface area contributed by atoms with Gasteiger partial charge in [-0.25, -0.2) is 4.39 Å². The third-order valence-electron chi connectivity index (χ3n) is 2.34. The second kappa shape index (κ2) is 5.39. The molecule has 19 heavy (non-hydrogen) atoms. The van der Waals surface area contributed by atoms with Crippen molar-refractivity contribution in [2.45, 2.75) is 19.2 Å². The predicted octanol–water partition coefficient (Wildman–Crippen LogP) is 2.38. The van der Waals surface area contributed by atoms with Gasteiger partial charge in [0, 0.05) is 6.54 Å². The number of hydrogen-bond donors (Lipinski definition) is 2. The van der Waals surface area contributed by atoms with Crippen LogP contribution in [-0.2, 0) is 0 Å². The number of nitrogens with one attached hydrogen (secondary N) is 1. The molecule has 0 saturated heterocycles. The summed E-state index contributed by atoms with van der Waals surface area (Å²) in [6, 6.07) is 1.62. The first-order chi connectivity index (χ1) is 8.62. The standard InChI is InChI=1S/C10H10F4N2O3/c1-5-2-7(8(16(18)19)3-6(5)11)15-4-9(17)10(12,13)14/h2-3,9,15,17H,4H2,1H3. The molecule has 1 aromatic carbocycles. The Morgan fingerprint density at radius 1 is 1.47 bits per heavy atom. The Labute approximate surface area is 105 Å². The number of nitrogens with zero attached hydrogens (tertiary/aromatic N) is 1. The number of rotatable bonds is 4. The molecule has 0 saturated carbocycles. The molecular weight excluding hydrogens is 272 g/mol. The van der Waals surface area contributed by atoms with Gasteiger partial charge >= 0.3 is 6.18 Å². The lowest BCUT2D eigenvalue weighted by Crippen LogP contribution is -2.35. The molecule has 0 aliphatic carbocycles. The Bertz CT molecular complexity index is 490. The van der Waals surface area contributed by atoms with Crippen LogP contribution < -0.4 is 5.32 Å². The molecule has 0 amide bonds. The quantitative estimate of drug-likeness (QED) is 0.505. The van der Waals surface area contributed by atoms with Crippen molar-refractivity contribution in [2.75, 3.05) is 11.9 Å². The number of benzene rings is 1. The molecule has 106 valence electrons. The molecular formula is C10H10F4N2O3. The molecule has 1 unspecified atom stereocenters. The Morgan fingerprint density at radius 3 is 2.53 bits per heavy atom. The van der Waals surface area contributed by atoms with E-state index < -0.39 is 35.3 Å². The number of hydrogen-bond acceptors (Lipinski definition) is 4. The van der Waals surface area contributed by atoms with Crippen LogP contribution in [0, 0.1) is 22.9 Å². The van der Waals surface area contributed by atoms with E-state index in [1.165, 1.54) is 6.92 Å². The van der Waals surface area contributed by atoms with Gasteiger partial charge in [-0.1, -0.05) is 0 Å². The van der Waals surface area contributed by atoms with Gasteiger partial charge in [-0.3, -0.25) is 10.1 Å². The Morgan fingerprint density at radius 2 is 2.05 bits per heavy atom. The minimum Gasteiger partial charge on any atom is -0.382 e. The first kappa shape index (κ1) is 15.2. The number of aryl methyl sites for hydroxylation is 1. The number of aliphatic hydroxyl groups is 1. The number of alkyl halides is 3. The third kappa shape index (κ3) is 3.78. The van der Waals surface area contributed by atoms with Gasteiger partial charge in [0.25, 0.3) is 5.69 Å². The van der Waals surface area contributed by atoms with Crippen LogP contribution in [-0.4, -0.2) is 28.9 Å². The van der Waals surface area contributed by atoms with Crippen LogP contribution in [0.15, 0.2) is 12.1 Å². The van der Waals surface area contributed by atoms with Crippen LogP contribution in [0.25, 0.3) is 0 Å². The fourth-order valence-corrected chi connectivity index (χ4v) is 1.29. The van der Waals surface area contributed by atoms with Gasteiger partial charge < -0.3 is 10.4 Å². The average molecular weight is 282 g/mol. The number of nitro benzene ring substituents is 1. The molecule has 0 fully saturated rings. The van der Waals surface area contributed by atoms with E-state index in [2.05, 4.69) is 5.32 Å². The second-order valence-electron chi connectivity index (χ2n) is 3.81. The van der Waals surface area contributed by atoms with Crippen molar-refractivity contribution in [3.05, 3.63) is 33.6 Å². The van der Waals surface area contributed by atoms with E-state index >= 15 is 0 Å². The predicted molar refractivity (Wildman–Crippen MR) is 58.3 cm³/mol. The maximum absolute atomic E-state index is 13.1. The van der Waals surface area contributed by atoms with Gasteiger partial charge in [0.05, 0.1) is 11.0 Å². The van der Waals surface area contributed by atoms with Crippen molar-refractivity contribution in [3.8, 4) is 0 Å². The molecule has 0 aliphatic rings. The van der Waals surface area contributed by atoms with Gasteiger partial charge in [0.1, 0.15) is 11.5 Å². The molecule has 0 bridgehead atoms. The highest BCUT2D eigenvalue weighted by atomic mass is 19.4. The molecule has 0 aliphatic heterocycles. The van der Waals surface area contributed by atoms with Crippen molar-refractivity contribution < 1.29 is 27.6 Å². The Hall–Kier alpha value is -1.90. The lowest BCUT2D eigenvalue weighted by Gasteiger charge is -2.16. The zero-order valence-corrected chi connectivity index (χ0v) is 9.66. The van der Waals surface area contributed by atoms with Crippen LogP contribution in [0.1, 0.15) is 5.56 Å². The smallest absolute Gasteiger partial charge is 0.382 e. The fourth-order valence-electron chi connectivity index (χ4n) is 1.29. The Kier molecular flexibility index (Phi) is 4.30. The SMILES string of the molecule is Cc1cc(NCC(O)C(F)(F)F)c([N+](=O)[O-])cc1F. The largest absolute Gasteiger partial charge is 0.416 e. The highest BCUT2D eigenvalue weighted by Crippen LogP contribution is 2.28. The Balaban J connectivity index is 2.95. The summed E-state index contributed by atoms with van der Waals surface area (Å²) in [5.74, 6) is -0.839. The van der Waals surface area contributed by atoms with Crippen LogP contribution in [0.5, 0.6) is 0 Å². The molecule has 0 radical (unpaired) electrons. The lowest BCUT2D eigenvalue weighted by molar-refractivity contribution is -0.384. The summed E-state index contributed by atoms with van der Waals surface area (Å²) in [5.41, 5.74) is -0.945. The van der Waals surface area contributed by atoms with E-state index in [1.807, 2.05) is 0 Å². The minimum atomic E-state index is -4.84. The normalized spacial score (nSPS) is 13.2. The molecule has 1 atom stereocenters. The van der Waals surface area contributed by atoms with E-state index in [-0.39, 0.29) is 11.3 Å². The number of halogens is 4. The van der Waals surface area contributed by atoms with Crippen LogP contribution >= 0.6 is 0 Å². The van der Waals surface area contributed by atoms with E-state index in [0.717, 1.165) is 6.07 Å². The van der Waals surface area contributed by atoms with Crippen molar-refractivity contribution >= 4 is 11.4 Å². The van der Waals surface area contributed by atoms with Crippen molar-refractivity contribution in [3.63, 3.8) is 0 Å². The number of nitro groups is 1. The summed E-state index contributed by atoms with van der Waals surface area (Å²) < 4.78 is 49.4. The lowest BCUT2D eigenvalue weighted by atomic mass is 10.1. The minimum absolute atomic E-state index is 0.0367. The zero-order valence-electron chi connectivity index (χ0n) is 9.66. The highest BCUT2D eigenvalue weighted by Gasteiger charge is 2.38. The van der Waals surface area contributed by atoms with E-state index in [1.54, 1.807) is 0 Å². The van der Waals surface area contributed by atoms with Gasteiger partial charge in [-0.05, 0) is 18.6 Å². The molecule has 9 heteroatoms. The van der Waals surface area contributed by atoms with Crippen molar-refractivity contribution in [1.29, 1.82) is 0 Å². The molecule has 1 rings (SSSR count). The summed E-state index contributed by atoms with van der Waals surface area (Å²) in [6.45, 7) is 0.347. The molecule has 2 N–H and O–H groups in total. The first-order valence-electron chi connectivity index (χ1n) is 5.06. The first-order valence-corrected chi connectivity index (χ1v) is 5.06. The second-order valence-corrected chi connectivity index (χ2v) is 3.81. The van der Waals surface area contributed by atoms with E-state index in [9.17, 15) is 27.7 Å². The molecule has 5 nitrogen and oxygen atoms in total. The topological polar surface area (TPSA) is 75.4 Å². The van der Waals surface area contributed by atoms with Crippen molar-refractivity contribution in [2.24, 2.45) is 0 Å². The third-order valence-corrected chi connectivity index (χ3v) is 2.34. The fraction of sp³-hybridized carbons (Fsp3) is 0.400. The molecule has 1 aromatic rings. The maximum Gasteiger partial charge on any atom is 0.416 e. The van der Waals surface area contributed by atoms with Gasteiger partial charge in [0.2, 0.25) is 0 Å². The van der Waals surface area contributed by atoms with Crippen LogP contribution in [0.2, 0.25) is 0 Å². The summed E-state index contributed by atoms with van der Waals surface area (Å²) in [4.78, 5) is 9.72. The zero-order chi connectivity index (χ0) is 14.8. The van der Waals surface area contributed by atoms with Crippen molar-refractivity contribution in [1.82, 2.24) is 0 Å². The maximum atomic E-state index is 13.1. The molecule has 0 aromatic heterocycles. The van der Waals surface area contributed by atoms with E-state index in [0.29, 0.717) is 6.07 Å². The van der Waals surface area contributed by atoms with E-state index in [4.69, 9.17) is 5.11 Å². The number of aliphatic hydroxyl groups excluding tert-OH is 1. The highest BCUT2D eigenvalue weighted by molar-refractivity contribution is 5.63. The monoisotopic (exact) mass is 282 g/mol. The van der Waals surface area contributed by atoms with Crippen LogP contribution in [0.3, 0.4) is 0 Å². The summed E-state index contributed by atoms with van der Waals surface area (Å²) >= 11 is 0. The number of anilines is 1. The molecule has 0 heterocycles. The van der Waals surface area contributed by atoms with Crippen LogP contribution in [0.4, 0.5) is 28.9 Å².